The normalized spacial score (nSPS) is 18.6. The number of benzene rings is 1. The molecule has 0 saturated heterocycles. The molecule has 104 valence electrons. The maximum Gasteiger partial charge on any atom is 0.0953 e. The van der Waals surface area contributed by atoms with Crippen molar-refractivity contribution in [2.45, 2.75) is 38.6 Å². The minimum Gasteiger partial charge on any atom is -0.384 e. The second kappa shape index (κ2) is 4.65. The van der Waals surface area contributed by atoms with Gasteiger partial charge in [0.2, 0.25) is 0 Å². The van der Waals surface area contributed by atoms with Gasteiger partial charge in [0.15, 0.2) is 0 Å². The summed E-state index contributed by atoms with van der Waals surface area (Å²) in [6.07, 6.45) is 9.25. The Kier molecular flexibility index (Phi) is 2.79. The van der Waals surface area contributed by atoms with Gasteiger partial charge in [-0.25, -0.2) is 4.98 Å². The number of nitrogens with zero attached hydrogens (tertiary/aromatic N) is 2. The van der Waals surface area contributed by atoms with E-state index in [1.54, 1.807) is 0 Å². The van der Waals surface area contributed by atoms with Crippen LogP contribution in [-0.4, -0.2) is 16.1 Å². The van der Waals surface area contributed by atoms with Crippen molar-refractivity contribution in [1.29, 1.82) is 0 Å². The highest BCUT2D eigenvalue weighted by Gasteiger charge is 2.25. The zero-order chi connectivity index (χ0) is 13.5. The lowest BCUT2D eigenvalue weighted by Gasteiger charge is -2.18. The lowest BCUT2D eigenvalue weighted by atomic mass is 10.0. The second-order valence-corrected chi connectivity index (χ2v) is 6.23. The van der Waals surface area contributed by atoms with E-state index in [0.29, 0.717) is 6.04 Å². The SMILES string of the molecule is CC(CC1CC1)n1cncc1-c1cccc2c1NCC2. The minimum absolute atomic E-state index is 0.539. The molecule has 1 fully saturated rings. The Morgan fingerprint density at radius 3 is 3.15 bits per heavy atom. The summed E-state index contributed by atoms with van der Waals surface area (Å²) in [5.41, 5.74) is 5.31. The van der Waals surface area contributed by atoms with Gasteiger partial charge in [0, 0.05) is 23.8 Å². The first-order valence-corrected chi connectivity index (χ1v) is 7.71. The molecule has 1 aliphatic carbocycles. The Balaban J connectivity index is 1.72. The van der Waals surface area contributed by atoms with Gasteiger partial charge in [0.1, 0.15) is 0 Å². The van der Waals surface area contributed by atoms with Crippen molar-refractivity contribution in [2.24, 2.45) is 5.92 Å². The van der Waals surface area contributed by atoms with Gasteiger partial charge in [-0.1, -0.05) is 31.0 Å². The molecule has 1 saturated carbocycles. The highest BCUT2D eigenvalue weighted by molar-refractivity contribution is 5.79. The van der Waals surface area contributed by atoms with Gasteiger partial charge in [-0.05, 0) is 31.2 Å². The standard InChI is InChI=1S/C17H21N3/c1-12(9-13-5-6-13)20-11-18-10-16(20)15-4-2-3-14-7-8-19-17(14)15/h2-4,10-13,19H,5-9H2,1H3. The lowest BCUT2D eigenvalue weighted by molar-refractivity contribution is 0.480. The number of para-hydroxylation sites is 1. The van der Waals surface area contributed by atoms with Gasteiger partial charge in [0.05, 0.1) is 18.2 Å². The number of fused-ring (bicyclic) bond motifs is 1. The van der Waals surface area contributed by atoms with Gasteiger partial charge < -0.3 is 9.88 Å². The molecule has 0 spiro atoms. The third-order valence-electron chi connectivity index (χ3n) is 4.64. The van der Waals surface area contributed by atoms with Crippen LogP contribution >= 0.6 is 0 Å². The number of anilines is 1. The van der Waals surface area contributed by atoms with Crippen LogP contribution in [0.1, 0.15) is 37.8 Å². The van der Waals surface area contributed by atoms with Gasteiger partial charge in [-0.3, -0.25) is 0 Å². The highest BCUT2D eigenvalue weighted by atomic mass is 15.1. The van der Waals surface area contributed by atoms with Crippen LogP contribution in [0.3, 0.4) is 0 Å². The second-order valence-electron chi connectivity index (χ2n) is 6.23. The molecule has 2 aliphatic rings. The number of hydrogen-bond donors (Lipinski definition) is 1. The highest BCUT2D eigenvalue weighted by Crippen LogP contribution is 2.39. The summed E-state index contributed by atoms with van der Waals surface area (Å²) in [7, 11) is 0. The van der Waals surface area contributed by atoms with E-state index in [2.05, 4.69) is 40.0 Å². The topological polar surface area (TPSA) is 29.9 Å². The number of hydrogen-bond acceptors (Lipinski definition) is 2. The van der Waals surface area contributed by atoms with Gasteiger partial charge in [-0.2, -0.15) is 0 Å². The van der Waals surface area contributed by atoms with E-state index in [1.165, 1.54) is 41.8 Å². The Bertz CT molecular complexity index is 625. The molecule has 3 heteroatoms. The molecule has 1 aliphatic heterocycles. The van der Waals surface area contributed by atoms with E-state index >= 15 is 0 Å². The summed E-state index contributed by atoms with van der Waals surface area (Å²) < 4.78 is 2.36. The van der Waals surface area contributed by atoms with Crippen LogP contribution in [0, 0.1) is 5.92 Å². The molecule has 20 heavy (non-hydrogen) atoms. The average molecular weight is 267 g/mol. The zero-order valence-electron chi connectivity index (χ0n) is 12.0. The first-order chi connectivity index (χ1) is 9.83. The Labute approximate surface area is 120 Å². The molecule has 1 atom stereocenters. The fourth-order valence-corrected chi connectivity index (χ4v) is 3.37. The maximum atomic E-state index is 4.41. The van der Waals surface area contributed by atoms with Crippen molar-refractivity contribution in [3.8, 4) is 11.3 Å². The quantitative estimate of drug-likeness (QED) is 0.911. The summed E-state index contributed by atoms with van der Waals surface area (Å²) in [4.78, 5) is 4.41. The van der Waals surface area contributed by atoms with Crippen LogP contribution < -0.4 is 5.32 Å². The molecule has 1 aromatic carbocycles. The molecule has 2 heterocycles. The third-order valence-corrected chi connectivity index (χ3v) is 4.64. The molecule has 3 nitrogen and oxygen atoms in total. The molecule has 2 aromatic rings. The number of aromatic nitrogens is 2. The molecule has 0 bridgehead atoms. The molecular formula is C17H21N3. The van der Waals surface area contributed by atoms with E-state index in [-0.39, 0.29) is 0 Å². The maximum absolute atomic E-state index is 4.41. The molecule has 0 amide bonds. The first kappa shape index (κ1) is 12.0. The van der Waals surface area contributed by atoms with Crippen molar-refractivity contribution in [2.75, 3.05) is 11.9 Å². The summed E-state index contributed by atoms with van der Waals surface area (Å²) in [6, 6.07) is 7.16. The van der Waals surface area contributed by atoms with Gasteiger partial charge in [-0.15, -0.1) is 0 Å². The number of nitrogens with one attached hydrogen (secondary N) is 1. The minimum atomic E-state index is 0.539. The largest absolute Gasteiger partial charge is 0.384 e. The van der Waals surface area contributed by atoms with Crippen LogP contribution in [0.5, 0.6) is 0 Å². The molecule has 1 unspecified atom stereocenters. The van der Waals surface area contributed by atoms with Crippen LogP contribution in [-0.2, 0) is 6.42 Å². The van der Waals surface area contributed by atoms with Gasteiger partial charge in [0.25, 0.3) is 0 Å². The molecule has 4 rings (SSSR count). The number of rotatable bonds is 4. The van der Waals surface area contributed by atoms with E-state index in [1.807, 2.05) is 12.5 Å². The molecular weight excluding hydrogens is 246 g/mol. The Hall–Kier alpha value is -1.77. The van der Waals surface area contributed by atoms with Crippen molar-refractivity contribution in [3.05, 3.63) is 36.3 Å². The smallest absolute Gasteiger partial charge is 0.0953 e. The molecule has 0 radical (unpaired) electrons. The van der Waals surface area contributed by atoms with Crippen molar-refractivity contribution in [3.63, 3.8) is 0 Å². The monoisotopic (exact) mass is 267 g/mol. The van der Waals surface area contributed by atoms with E-state index in [0.717, 1.165) is 18.9 Å². The molecule has 1 N–H and O–H groups in total. The van der Waals surface area contributed by atoms with Crippen LogP contribution in [0.4, 0.5) is 5.69 Å². The van der Waals surface area contributed by atoms with Crippen molar-refractivity contribution >= 4 is 5.69 Å². The Morgan fingerprint density at radius 1 is 1.40 bits per heavy atom. The predicted molar refractivity (Wildman–Crippen MR) is 81.9 cm³/mol. The summed E-state index contributed by atoms with van der Waals surface area (Å²) in [6.45, 7) is 3.37. The fourth-order valence-electron chi connectivity index (χ4n) is 3.37. The zero-order valence-corrected chi connectivity index (χ0v) is 12.0. The summed E-state index contributed by atoms with van der Waals surface area (Å²) >= 11 is 0. The van der Waals surface area contributed by atoms with Crippen LogP contribution in [0.15, 0.2) is 30.7 Å². The van der Waals surface area contributed by atoms with Crippen LogP contribution in [0.25, 0.3) is 11.3 Å². The average Bonchev–Trinajstić information content (AvgIpc) is 2.96. The predicted octanol–water partition coefficient (Wildman–Crippen LogP) is 3.88. The van der Waals surface area contributed by atoms with Gasteiger partial charge >= 0.3 is 0 Å². The van der Waals surface area contributed by atoms with E-state index < -0.39 is 0 Å². The number of imidazole rings is 1. The van der Waals surface area contributed by atoms with Crippen molar-refractivity contribution < 1.29 is 0 Å². The lowest BCUT2D eigenvalue weighted by Crippen LogP contribution is -2.07. The van der Waals surface area contributed by atoms with Crippen LogP contribution in [0.2, 0.25) is 0 Å². The molecule has 1 aromatic heterocycles. The fraction of sp³-hybridized carbons (Fsp3) is 0.471. The van der Waals surface area contributed by atoms with Crippen molar-refractivity contribution in [1.82, 2.24) is 9.55 Å². The first-order valence-electron chi connectivity index (χ1n) is 7.71. The summed E-state index contributed by atoms with van der Waals surface area (Å²) in [5, 5.41) is 3.54. The third kappa shape index (κ3) is 2.01. The summed E-state index contributed by atoms with van der Waals surface area (Å²) in [5.74, 6) is 0.944. The van der Waals surface area contributed by atoms with E-state index in [4.69, 9.17) is 0 Å². The Morgan fingerprint density at radius 2 is 2.30 bits per heavy atom. The van der Waals surface area contributed by atoms with E-state index in [9.17, 15) is 0 Å².